The topological polar surface area (TPSA) is 60.7 Å². The average Bonchev–Trinajstić information content (AvgIpc) is 3.07. The van der Waals surface area contributed by atoms with Crippen LogP contribution in [0.25, 0.3) is 22.3 Å². The van der Waals surface area contributed by atoms with E-state index >= 15 is 0 Å². The van der Waals surface area contributed by atoms with E-state index in [9.17, 15) is 9.18 Å². The number of aryl methyl sites for hydroxylation is 1. The Morgan fingerprint density at radius 1 is 1.12 bits per heavy atom. The van der Waals surface area contributed by atoms with Crippen LogP contribution in [-0.4, -0.2) is 25.3 Å². The first-order chi connectivity index (χ1) is 12.6. The van der Waals surface area contributed by atoms with Gasteiger partial charge in [-0.25, -0.2) is 14.4 Å². The molecule has 0 atom stereocenters. The number of halogens is 1. The van der Waals surface area contributed by atoms with Crippen LogP contribution in [0.5, 0.6) is 0 Å². The predicted octanol–water partition coefficient (Wildman–Crippen LogP) is 3.59. The Kier molecular flexibility index (Phi) is 4.01. The number of hydrogen-bond donors (Lipinski definition) is 0. The van der Waals surface area contributed by atoms with Gasteiger partial charge in [0.1, 0.15) is 5.82 Å². The fourth-order valence-electron chi connectivity index (χ4n) is 2.80. The molecule has 0 amide bonds. The average molecular weight is 346 g/mol. The van der Waals surface area contributed by atoms with Crippen LogP contribution in [0, 0.1) is 5.82 Å². The van der Waals surface area contributed by atoms with Gasteiger partial charge in [0.2, 0.25) is 0 Å². The second-order valence-corrected chi connectivity index (χ2v) is 6.06. The van der Waals surface area contributed by atoms with Crippen molar-refractivity contribution in [1.82, 2.24) is 19.5 Å². The minimum absolute atomic E-state index is 0.111. The first kappa shape index (κ1) is 16.1. The molecule has 5 nitrogen and oxygen atoms in total. The number of aromatic nitrogens is 4. The summed E-state index contributed by atoms with van der Waals surface area (Å²) in [6, 6.07) is 11.2. The Morgan fingerprint density at radius 2 is 1.92 bits per heavy atom. The van der Waals surface area contributed by atoms with E-state index in [4.69, 9.17) is 0 Å². The Morgan fingerprint density at radius 3 is 2.65 bits per heavy atom. The molecule has 0 saturated heterocycles. The lowest BCUT2D eigenvalue weighted by atomic mass is 10.1. The number of carbonyl (C=O) groups excluding carboxylic acids is 1. The van der Waals surface area contributed by atoms with Crippen LogP contribution in [0.15, 0.2) is 61.2 Å². The van der Waals surface area contributed by atoms with E-state index in [0.29, 0.717) is 11.3 Å². The van der Waals surface area contributed by atoms with Crippen molar-refractivity contribution < 1.29 is 9.18 Å². The van der Waals surface area contributed by atoms with Crippen LogP contribution in [0.1, 0.15) is 16.1 Å². The van der Waals surface area contributed by atoms with Gasteiger partial charge in [-0.3, -0.25) is 9.78 Å². The molecule has 0 spiro atoms. The van der Waals surface area contributed by atoms with Crippen LogP contribution in [0.3, 0.4) is 0 Å². The van der Waals surface area contributed by atoms with Gasteiger partial charge in [0.05, 0.1) is 41.5 Å². The van der Waals surface area contributed by atoms with Crippen molar-refractivity contribution in [2.24, 2.45) is 7.05 Å². The number of hydrogen-bond acceptors (Lipinski definition) is 4. The van der Waals surface area contributed by atoms with Gasteiger partial charge in [0.25, 0.3) is 0 Å². The van der Waals surface area contributed by atoms with Crippen molar-refractivity contribution in [2.45, 2.75) is 6.42 Å². The van der Waals surface area contributed by atoms with Gasteiger partial charge < -0.3 is 4.57 Å². The van der Waals surface area contributed by atoms with Gasteiger partial charge in [-0.15, -0.1) is 0 Å². The third kappa shape index (κ3) is 3.09. The van der Waals surface area contributed by atoms with E-state index in [0.717, 1.165) is 22.3 Å². The van der Waals surface area contributed by atoms with Gasteiger partial charge in [-0.1, -0.05) is 0 Å². The molecule has 0 N–H and O–H groups in total. The second-order valence-electron chi connectivity index (χ2n) is 6.06. The molecule has 0 radical (unpaired) electrons. The molecule has 128 valence electrons. The summed E-state index contributed by atoms with van der Waals surface area (Å²) in [6.45, 7) is 0. The summed E-state index contributed by atoms with van der Waals surface area (Å²) < 4.78 is 14.9. The molecule has 0 aliphatic rings. The minimum atomic E-state index is -0.364. The zero-order valence-corrected chi connectivity index (χ0v) is 14.1. The molecule has 0 unspecified atom stereocenters. The number of ketones is 1. The molecular formula is C20H15FN4O. The van der Waals surface area contributed by atoms with E-state index in [-0.39, 0.29) is 18.0 Å². The van der Waals surface area contributed by atoms with E-state index in [2.05, 4.69) is 15.0 Å². The van der Waals surface area contributed by atoms with Crippen LogP contribution in [0.2, 0.25) is 0 Å². The summed E-state index contributed by atoms with van der Waals surface area (Å²) in [4.78, 5) is 25.5. The molecular weight excluding hydrogens is 331 g/mol. The molecule has 3 aromatic heterocycles. The van der Waals surface area contributed by atoms with Crippen molar-refractivity contribution >= 4 is 16.7 Å². The maximum Gasteiger partial charge on any atom is 0.168 e. The zero-order chi connectivity index (χ0) is 18.1. The Hall–Kier alpha value is -3.41. The van der Waals surface area contributed by atoms with Gasteiger partial charge in [-0.2, -0.15) is 0 Å². The monoisotopic (exact) mass is 346 g/mol. The lowest BCUT2D eigenvalue weighted by Gasteiger charge is -2.06. The van der Waals surface area contributed by atoms with Crippen molar-refractivity contribution in [2.75, 3.05) is 0 Å². The first-order valence-electron chi connectivity index (χ1n) is 8.11. The van der Waals surface area contributed by atoms with Crippen LogP contribution < -0.4 is 0 Å². The number of fused-ring (bicyclic) bond motifs is 1. The summed E-state index contributed by atoms with van der Waals surface area (Å²) in [5, 5.41) is 0.897. The number of Topliss-reactive ketones (excluding diaryl/α,β-unsaturated/α-hetero) is 1. The minimum Gasteiger partial charge on any atom is -0.332 e. The Bertz CT molecular complexity index is 1100. The fourth-order valence-corrected chi connectivity index (χ4v) is 2.80. The van der Waals surface area contributed by atoms with Crippen LogP contribution >= 0.6 is 0 Å². The summed E-state index contributed by atoms with van der Waals surface area (Å²) in [5.74, 6) is -0.475. The molecule has 1 aromatic carbocycles. The summed E-state index contributed by atoms with van der Waals surface area (Å²) >= 11 is 0. The number of carbonyl (C=O) groups is 1. The number of pyridine rings is 2. The Balaban J connectivity index is 1.65. The summed E-state index contributed by atoms with van der Waals surface area (Å²) in [5.41, 5.74) is 3.57. The van der Waals surface area contributed by atoms with Gasteiger partial charge >= 0.3 is 0 Å². The lowest BCUT2D eigenvalue weighted by Crippen LogP contribution is -2.05. The van der Waals surface area contributed by atoms with Gasteiger partial charge in [0.15, 0.2) is 5.78 Å². The highest BCUT2D eigenvalue weighted by Crippen LogP contribution is 2.20. The van der Waals surface area contributed by atoms with E-state index in [1.807, 2.05) is 29.8 Å². The maximum atomic E-state index is 13.0. The second kappa shape index (κ2) is 6.48. The van der Waals surface area contributed by atoms with Crippen molar-refractivity contribution in [3.8, 4) is 11.4 Å². The van der Waals surface area contributed by atoms with Gasteiger partial charge in [-0.05, 0) is 42.5 Å². The van der Waals surface area contributed by atoms with E-state index < -0.39 is 0 Å². The fraction of sp³-hybridized carbons (Fsp3) is 0.100. The standard InChI is InChI=1S/C20H15FN4O/c1-25-12-22-11-19(25)17-7-4-14-10-23-16(8-18(14)24-17)9-20(26)13-2-5-15(21)6-3-13/h2-8,10-12H,9H2,1H3. The third-order valence-electron chi connectivity index (χ3n) is 4.22. The molecule has 0 aliphatic carbocycles. The van der Waals surface area contributed by atoms with E-state index in [1.54, 1.807) is 18.7 Å². The van der Waals surface area contributed by atoms with Crippen molar-refractivity contribution in [3.63, 3.8) is 0 Å². The number of rotatable bonds is 4. The van der Waals surface area contributed by atoms with Crippen molar-refractivity contribution in [3.05, 3.63) is 78.3 Å². The normalized spacial score (nSPS) is 11.0. The number of nitrogens with zero attached hydrogens (tertiary/aromatic N) is 4. The number of benzene rings is 1. The zero-order valence-electron chi connectivity index (χ0n) is 14.1. The highest BCUT2D eigenvalue weighted by Gasteiger charge is 2.10. The molecule has 3 heterocycles. The Labute approximate surface area is 149 Å². The smallest absolute Gasteiger partial charge is 0.168 e. The molecule has 4 aromatic rings. The molecule has 0 bridgehead atoms. The van der Waals surface area contributed by atoms with E-state index in [1.165, 1.54) is 24.3 Å². The molecule has 0 saturated carbocycles. The molecule has 0 fully saturated rings. The lowest BCUT2D eigenvalue weighted by molar-refractivity contribution is 0.0992. The third-order valence-corrected chi connectivity index (χ3v) is 4.22. The number of imidazole rings is 1. The van der Waals surface area contributed by atoms with Gasteiger partial charge in [0, 0.05) is 24.2 Å². The quantitative estimate of drug-likeness (QED) is 0.530. The molecule has 6 heteroatoms. The maximum absolute atomic E-state index is 13.0. The first-order valence-corrected chi connectivity index (χ1v) is 8.11. The molecule has 26 heavy (non-hydrogen) atoms. The van der Waals surface area contributed by atoms with Crippen LogP contribution in [-0.2, 0) is 13.5 Å². The summed E-state index contributed by atoms with van der Waals surface area (Å²) in [6.07, 6.45) is 5.33. The summed E-state index contributed by atoms with van der Waals surface area (Å²) in [7, 11) is 1.91. The highest BCUT2D eigenvalue weighted by atomic mass is 19.1. The highest BCUT2D eigenvalue weighted by molar-refractivity contribution is 5.97. The predicted molar refractivity (Wildman–Crippen MR) is 96.2 cm³/mol. The largest absolute Gasteiger partial charge is 0.332 e. The molecule has 4 rings (SSSR count). The SMILES string of the molecule is Cn1cncc1-c1ccc2cnc(CC(=O)c3ccc(F)cc3)cc2n1. The van der Waals surface area contributed by atoms with Crippen LogP contribution in [0.4, 0.5) is 4.39 Å². The molecule has 0 aliphatic heterocycles. The van der Waals surface area contributed by atoms with Crippen molar-refractivity contribution in [1.29, 1.82) is 0 Å².